The molecule has 2 fully saturated rings. The van der Waals surface area contributed by atoms with Gasteiger partial charge in [-0.1, -0.05) is 67.5 Å². The molecule has 0 radical (unpaired) electrons. The van der Waals surface area contributed by atoms with E-state index in [9.17, 15) is 9.59 Å². The van der Waals surface area contributed by atoms with Gasteiger partial charge < -0.3 is 0 Å². The smallest absolute Gasteiger partial charge is 0.143 e. The maximum Gasteiger partial charge on any atom is 0.143 e. The van der Waals surface area contributed by atoms with Crippen molar-refractivity contribution < 1.29 is 9.59 Å². The Balaban J connectivity index is 0.000000204. The van der Waals surface area contributed by atoms with Gasteiger partial charge in [-0.2, -0.15) is 0 Å². The quantitative estimate of drug-likeness (QED) is 0.608. The van der Waals surface area contributed by atoms with Gasteiger partial charge in [0, 0.05) is 23.7 Å². The van der Waals surface area contributed by atoms with Crippen LogP contribution in [-0.4, -0.2) is 11.6 Å². The molecule has 2 nitrogen and oxygen atoms in total. The molecule has 20 heavy (non-hydrogen) atoms. The molecule has 114 valence electrons. The Hall–Kier alpha value is -0.920. The molecule has 2 heteroatoms. The topological polar surface area (TPSA) is 34.1 Å². The summed E-state index contributed by atoms with van der Waals surface area (Å²) in [5, 5.41) is 0. The highest BCUT2D eigenvalue weighted by Crippen LogP contribution is 2.53. The van der Waals surface area contributed by atoms with Gasteiger partial charge in [0.15, 0.2) is 0 Å². The van der Waals surface area contributed by atoms with E-state index in [1.165, 1.54) is 0 Å². The fourth-order valence-electron chi connectivity index (χ4n) is 2.54. The number of allylic oxidation sites excluding steroid dienone is 1. The van der Waals surface area contributed by atoms with Gasteiger partial charge in [0.2, 0.25) is 0 Å². The van der Waals surface area contributed by atoms with Crippen molar-refractivity contribution >= 4 is 11.6 Å². The molecule has 0 aromatic heterocycles. The molecular formula is C18H30O2. The van der Waals surface area contributed by atoms with E-state index in [0.717, 1.165) is 12.0 Å². The summed E-state index contributed by atoms with van der Waals surface area (Å²) < 4.78 is 0. The third kappa shape index (κ3) is 2.27. The fraction of sp³-hybridized carbons (Fsp3) is 0.778. The van der Waals surface area contributed by atoms with E-state index >= 15 is 0 Å². The van der Waals surface area contributed by atoms with Gasteiger partial charge >= 0.3 is 0 Å². The first kappa shape index (κ1) is 17.1. The van der Waals surface area contributed by atoms with Gasteiger partial charge in [-0.05, 0) is 10.8 Å². The highest BCUT2D eigenvalue weighted by Gasteiger charge is 2.53. The minimum absolute atomic E-state index is 0.0237. The minimum Gasteiger partial charge on any atom is -0.299 e. The van der Waals surface area contributed by atoms with E-state index in [4.69, 9.17) is 0 Å². The lowest BCUT2D eigenvalue weighted by Gasteiger charge is -2.50. The Kier molecular flexibility index (Phi) is 3.89. The van der Waals surface area contributed by atoms with Gasteiger partial charge in [0.05, 0.1) is 0 Å². The van der Waals surface area contributed by atoms with E-state index in [1.54, 1.807) is 0 Å². The Bertz CT molecular complexity index is 438. The number of ketones is 2. The second-order valence-electron chi connectivity index (χ2n) is 8.56. The van der Waals surface area contributed by atoms with Crippen molar-refractivity contribution in [1.82, 2.24) is 0 Å². The summed E-state index contributed by atoms with van der Waals surface area (Å²) in [6.45, 7) is 20.5. The first-order valence-electron chi connectivity index (χ1n) is 7.43. The molecule has 2 aliphatic rings. The number of carbonyl (C=O) groups is 2. The molecule has 2 aliphatic carbocycles. The number of hydrogen-bond acceptors (Lipinski definition) is 2. The SMILES string of the molecule is C=C1CC(=O)C(C)(C)C1(C)C.CC1(C)CC(=O)C1(C)C. The van der Waals surface area contributed by atoms with Gasteiger partial charge in [-0.15, -0.1) is 0 Å². The summed E-state index contributed by atoms with van der Waals surface area (Å²) >= 11 is 0. The molecule has 0 spiro atoms. The molecule has 0 N–H and O–H groups in total. The van der Waals surface area contributed by atoms with Crippen LogP contribution in [0.2, 0.25) is 0 Å². The Labute approximate surface area is 124 Å². The van der Waals surface area contributed by atoms with Crippen LogP contribution in [0.3, 0.4) is 0 Å². The van der Waals surface area contributed by atoms with E-state index in [0.29, 0.717) is 18.0 Å². The first-order chi connectivity index (χ1) is 8.68. The average Bonchev–Trinajstić information content (AvgIpc) is 2.40. The standard InChI is InChI=1S/C10H16O.C8H14O/c1-7-6-8(11)10(4,5)9(7,2)3;1-7(2)5-6(9)8(7,3)4/h1,6H2,2-5H3;5H2,1-4H3. The Morgan fingerprint density at radius 2 is 1.20 bits per heavy atom. The zero-order valence-corrected chi connectivity index (χ0v) is 14.4. The zero-order chi connectivity index (χ0) is 16.1. The molecule has 0 bridgehead atoms. The summed E-state index contributed by atoms with van der Waals surface area (Å²) in [7, 11) is 0. The maximum absolute atomic E-state index is 11.5. The molecule has 0 amide bonds. The van der Waals surface area contributed by atoms with Crippen LogP contribution >= 0.6 is 0 Å². The molecule has 0 aromatic carbocycles. The van der Waals surface area contributed by atoms with Crippen LogP contribution in [-0.2, 0) is 9.59 Å². The predicted molar refractivity (Wildman–Crippen MR) is 83.5 cm³/mol. The second-order valence-corrected chi connectivity index (χ2v) is 8.56. The lowest BCUT2D eigenvalue weighted by molar-refractivity contribution is -0.151. The second kappa shape index (κ2) is 4.54. The molecule has 0 aromatic rings. The summed E-state index contributed by atoms with van der Waals surface area (Å²) in [5.41, 5.74) is 1.01. The highest BCUT2D eigenvalue weighted by atomic mass is 16.1. The predicted octanol–water partition coefficient (Wildman–Crippen LogP) is 4.58. The van der Waals surface area contributed by atoms with Crippen LogP contribution in [0.25, 0.3) is 0 Å². The molecule has 0 saturated heterocycles. The van der Waals surface area contributed by atoms with Crippen molar-refractivity contribution in [3.63, 3.8) is 0 Å². The van der Waals surface area contributed by atoms with Crippen molar-refractivity contribution in [2.75, 3.05) is 0 Å². The van der Waals surface area contributed by atoms with E-state index < -0.39 is 0 Å². The van der Waals surface area contributed by atoms with Gasteiger partial charge in [0.1, 0.15) is 11.6 Å². The van der Waals surface area contributed by atoms with E-state index in [1.807, 2.05) is 27.7 Å². The minimum atomic E-state index is -0.218. The highest BCUT2D eigenvalue weighted by molar-refractivity contribution is 5.92. The van der Waals surface area contributed by atoms with Crippen LogP contribution in [0.4, 0.5) is 0 Å². The molecule has 2 saturated carbocycles. The largest absolute Gasteiger partial charge is 0.299 e. The average molecular weight is 278 g/mol. The molecule has 0 unspecified atom stereocenters. The lowest BCUT2D eigenvalue weighted by Crippen LogP contribution is -2.51. The maximum atomic E-state index is 11.5. The van der Waals surface area contributed by atoms with E-state index in [2.05, 4.69) is 34.3 Å². The van der Waals surface area contributed by atoms with Crippen molar-refractivity contribution in [1.29, 1.82) is 0 Å². The van der Waals surface area contributed by atoms with Gasteiger partial charge in [-0.25, -0.2) is 0 Å². The van der Waals surface area contributed by atoms with Crippen LogP contribution in [0.1, 0.15) is 68.2 Å². The van der Waals surface area contributed by atoms with Crippen molar-refractivity contribution in [2.45, 2.75) is 68.2 Å². The van der Waals surface area contributed by atoms with Crippen molar-refractivity contribution in [3.8, 4) is 0 Å². The Morgan fingerprint density at radius 3 is 1.25 bits per heavy atom. The van der Waals surface area contributed by atoms with Crippen molar-refractivity contribution in [3.05, 3.63) is 12.2 Å². The fourth-order valence-corrected chi connectivity index (χ4v) is 2.54. The third-order valence-electron chi connectivity index (χ3n) is 6.51. The first-order valence-corrected chi connectivity index (χ1v) is 7.43. The normalized spacial score (nSPS) is 28.5. The Morgan fingerprint density at radius 1 is 0.750 bits per heavy atom. The van der Waals surface area contributed by atoms with Crippen molar-refractivity contribution in [2.24, 2.45) is 21.7 Å². The summed E-state index contributed by atoms with van der Waals surface area (Å²) in [5.74, 6) is 0.736. The molecule has 0 atom stereocenters. The summed E-state index contributed by atoms with van der Waals surface area (Å²) in [6, 6.07) is 0. The number of hydrogen-bond donors (Lipinski definition) is 0. The number of Topliss-reactive ketones (excluding diaryl/α,β-unsaturated/α-hetero) is 2. The van der Waals surface area contributed by atoms with Gasteiger partial charge in [0.25, 0.3) is 0 Å². The van der Waals surface area contributed by atoms with Crippen LogP contribution in [0, 0.1) is 21.7 Å². The lowest BCUT2D eigenvalue weighted by atomic mass is 9.52. The summed E-state index contributed by atoms with van der Waals surface area (Å²) in [4.78, 5) is 22.4. The molecule has 0 aliphatic heterocycles. The zero-order valence-electron chi connectivity index (χ0n) is 14.4. The molecule has 2 rings (SSSR count). The number of carbonyl (C=O) groups excluding carboxylic acids is 2. The monoisotopic (exact) mass is 278 g/mol. The molecule has 0 heterocycles. The van der Waals surface area contributed by atoms with Crippen LogP contribution < -0.4 is 0 Å². The molecular weight excluding hydrogens is 248 g/mol. The summed E-state index contributed by atoms with van der Waals surface area (Å²) in [6.07, 6.45) is 1.33. The number of rotatable bonds is 0. The van der Waals surface area contributed by atoms with Gasteiger partial charge in [-0.3, -0.25) is 9.59 Å². The van der Waals surface area contributed by atoms with E-state index in [-0.39, 0.29) is 21.7 Å². The van der Waals surface area contributed by atoms with Crippen LogP contribution in [0.15, 0.2) is 12.2 Å². The van der Waals surface area contributed by atoms with Crippen LogP contribution in [0.5, 0.6) is 0 Å². The third-order valence-corrected chi connectivity index (χ3v) is 6.51.